The second-order valence-corrected chi connectivity index (χ2v) is 8.13. The van der Waals surface area contributed by atoms with E-state index in [0.29, 0.717) is 37.0 Å². The number of hydrogen-bond acceptors (Lipinski definition) is 4. The molecule has 0 heterocycles. The molecule has 5 nitrogen and oxygen atoms in total. The Morgan fingerprint density at radius 1 is 0.935 bits per heavy atom. The van der Waals surface area contributed by atoms with Crippen molar-refractivity contribution in [2.75, 3.05) is 20.3 Å². The molecule has 0 aliphatic rings. The van der Waals surface area contributed by atoms with Crippen molar-refractivity contribution in [3.63, 3.8) is 0 Å². The van der Waals surface area contributed by atoms with Crippen molar-refractivity contribution in [2.24, 2.45) is 5.92 Å². The molecular weight excluding hydrogens is 390 g/mol. The van der Waals surface area contributed by atoms with Gasteiger partial charge in [0.05, 0.1) is 20.3 Å². The molecular formula is C26H37NO4. The van der Waals surface area contributed by atoms with Crippen LogP contribution >= 0.6 is 0 Å². The SMILES string of the molecule is CCCCCCOc1ccc(C(=O)NCc2ccc(OCCC(C)C)c(OC)c2)cc1. The van der Waals surface area contributed by atoms with Gasteiger partial charge in [-0.1, -0.05) is 46.1 Å². The first-order valence-electron chi connectivity index (χ1n) is 11.3. The Labute approximate surface area is 187 Å². The van der Waals surface area contributed by atoms with E-state index in [1.807, 2.05) is 30.3 Å². The van der Waals surface area contributed by atoms with Crippen LogP contribution in [-0.2, 0) is 6.54 Å². The number of carbonyl (C=O) groups is 1. The summed E-state index contributed by atoms with van der Waals surface area (Å²) in [7, 11) is 1.63. The summed E-state index contributed by atoms with van der Waals surface area (Å²) in [6.45, 7) is 8.31. The third kappa shape index (κ3) is 8.91. The van der Waals surface area contributed by atoms with E-state index in [1.165, 1.54) is 19.3 Å². The fraction of sp³-hybridized carbons (Fsp3) is 0.500. The maximum atomic E-state index is 12.5. The highest BCUT2D eigenvalue weighted by Crippen LogP contribution is 2.28. The third-order valence-corrected chi connectivity index (χ3v) is 5.02. The zero-order valence-corrected chi connectivity index (χ0v) is 19.4. The van der Waals surface area contributed by atoms with E-state index in [2.05, 4.69) is 26.1 Å². The quantitative estimate of drug-likeness (QED) is 0.375. The minimum absolute atomic E-state index is 0.120. The molecule has 0 aromatic heterocycles. The second kappa shape index (κ2) is 13.6. The lowest BCUT2D eigenvalue weighted by atomic mass is 10.1. The molecule has 0 atom stereocenters. The number of amides is 1. The highest BCUT2D eigenvalue weighted by atomic mass is 16.5. The van der Waals surface area contributed by atoms with Crippen LogP contribution in [0.25, 0.3) is 0 Å². The van der Waals surface area contributed by atoms with E-state index < -0.39 is 0 Å². The van der Waals surface area contributed by atoms with Gasteiger partial charge in [0.15, 0.2) is 11.5 Å². The Bertz CT molecular complexity index is 786. The van der Waals surface area contributed by atoms with Crippen molar-refractivity contribution < 1.29 is 19.0 Å². The molecule has 0 radical (unpaired) electrons. The molecule has 2 aromatic rings. The summed E-state index contributed by atoms with van der Waals surface area (Å²) >= 11 is 0. The first-order chi connectivity index (χ1) is 15.0. The molecule has 170 valence electrons. The van der Waals surface area contributed by atoms with Gasteiger partial charge in [-0.15, -0.1) is 0 Å². The van der Waals surface area contributed by atoms with E-state index in [1.54, 1.807) is 19.2 Å². The Kier molecular flexibility index (Phi) is 10.8. The van der Waals surface area contributed by atoms with Crippen LogP contribution in [0.15, 0.2) is 42.5 Å². The maximum Gasteiger partial charge on any atom is 0.251 e. The normalized spacial score (nSPS) is 10.7. The Morgan fingerprint density at radius 3 is 2.39 bits per heavy atom. The Balaban J connectivity index is 1.83. The van der Waals surface area contributed by atoms with Crippen LogP contribution in [0.2, 0.25) is 0 Å². The van der Waals surface area contributed by atoms with Crippen molar-refractivity contribution in [3.8, 4) is 17.2 Å². The number of ether oxygens (including phenoxy) is 3. The molecule has 1 N–H and O–H groups in total. The van der Waals surface area contributed by atoms with E-state index in [4.69, 9.17) is 14.2 Å². The Morgan fingerprint density at radius 2 is 1.71 bits per heavy atom. The minimum atomic E-state index is -0.120. The molecule has 5 heteroatoms. The zero-order chi connectivity index (χ0) is 22.5. The molecule has 2 aromatic carbocycles. The van der Waals surface area contributed by atoms with E-state index >= 15 is 0 Å². The summed E-state index contributed by atoms with van der Waals surface area (Å²) in [6.07, 6.45) is 5.69. The molecule has 0 unspecified atom stereocenters. The van der Waals surface area contributed by atoms with Crippen molar-refractivity contribution >= 4 is 5.91 Å². The molecule has 0 fully saturated rings. The molecule has 0 saturated heterocycles. The molecule has 31 heavy (non-hydrogen) atoms. The van der Waals surface area contributed by atoms with Crippen molar-refractivity contribution in [1.29, 1.82) is 0 Å². The standard InChI is InChI=1S/C26H37NO4/c1-5-6-7-8-16-30-23-12-10-22(11-13-23)26(28)27-19-21-9-14-24(25(18-21)29-4)31-17-15-20(2)3/h9-14,18,20H,5-8,15-17,19H2,1-4H3,(H,27,28). The first-order valence-corrected chi connectivity index (χ1v) is 11.3. The zero-order valence-electron chi connectivity index (χ0n) is 19.4. The monoisotopic (exact) mass is 427 g/mol. The molecule has 0 aliphatic carbocycles. The summed E-state index contributed by atoms with van der Waals surface area (Å²) in [5.41, 5.74) is 1.56. The summed E-state index contributed by atoms with van der Waals surface area (Å²) in [4.78, 5) is 12.5. The maximum absolute atomic E-state index is 12.5. The van der Waals surface area contributed by atoms with Crippen LogP contribution in [0.4, 0.5) is 0 Å². The van der Waals surface area contributed by atoms with Gasteiger partial charge in [-0.3, -0.25) is 4.79 Å². The molecule has 2 rings (SSSR count). The van der Waals surface area contributed by atoms with Crippen molar-refractivity contribution in [3.05, 3.63) is 53.6 Å². The van der Waals surface area contributed by atoms with Crippen LogP contribution in [0.1, 0.15) is 68.8 Å². The number of rotatable bonds is 14. The van der Waals surface area contributed by atoms with Crippen LogP contribution in [0.5, 0.6) is 17.2 Å². The average Bonchev–Trinajstić information content (AvgIpc) is 2.78. The predicted molar refractivity (Wildman–Crippen MR) is 125 cm³/mol. The first kappa shape index (κ1) is 24.6. The van der Waals surface area contributed by atoms with Gasteiger partial charge < -0.3 is 19.5 Å². The largest absolute Gasteiger partial charge is 0.494 e. The van der Waals surface area contributed by atoms with E-state index in [9.17, 15) is 4.79 Å². The van der Waals surface area contributed by atoms with Gasteiger partial charge >= 0.3 is 0 Å². The summed E-state index contributed by atoms with van der Waals surface area (Å²) in [6, 6.07) is 13.0. The van der Waals surface area contributed by atoms with Gasteiger partial charge in [0.25, 0.3) is 5.91 Å². The number of nitrogens with one attached hydrogen (secondary N) is 1. The smallest absolute Gasteiger partial charge is 0.251 e. The second-order valence-electron chi connectivity index (χ2n) is 8.13. The highest BCUT2D eigenvalue weighted by Gasteiger charge is 2.09. The molecule has 0 saturated carbocycles. The molecule has 0 bridgehead atoms. The van der Waals surface area contributed by atoms with Gasteiger partial charge in [-0.2, -0.15) is 0 Å². The minimum Gasteiger partial charge on any atom is -0.494 e. The van der Waals surface area contributed by atoms with Crippen molar-refractivity contribution in [1.82, 2.24) is 5.32 Å². The van der Waals surface area contributed by atoms with Crippen LogP contribution in [0, 0.1) is 5.92 Å². The van der Waals surface area contributed by atoms with Crippen LogP contribution in [0.3, 0.4) is 0 Å². The number of carbonyl (C=O) groups excluding carboxylic acids is 1. The average molecular weight is 428 g/mol. The number of unbranched alkanes of at least 4 members (excludes halogenated alkanes) is 3. The number of benzene rings is 2. The molecule has 0 aliphatic heterocycles. The number of hydrogen-bond donors (Lipinski definition) is 1. The molecule has 1 amide bonds. The number of methoxy groups -OCH3 is 1. The fourth-order valence-corrected chi connectivity index (χ4v) is 3.05. The van der Waals surface area contributed by atoms with Gasteiger partial charge in [0, 0.05) is 12.1 Å². The van der Waals surface area contributed by atoms with E-state index in [-0.39, 0.29) is 5.91 Å². The van der Waals surface area contributed by atoms with Crippen molar-refractivity contribution in [2.45, 2.75) is 59.4 Å². The predicted octanol–water partition coefficient (Wildman–Crippen LogP) is 6.01. The topological polar surface area (TPSA) is 56.8 Å². The van der Waals surface area contributed by atoms with E-state index in [0.717, 1.165) is 29.9 Å². The fourth-order valence-electron chi connectivity index (χ4n) is 3.05. The summed E-state index contributed by atoms with van der Waals surface area (Å²) in [5, 5.41) is 2.95. The van der Waals surface area contributed by atoms with Gasteiger partial charge in [-0.25, -0.2) is 0 Å². The lowest BCUT2D eigenvalue weighted by molar-refractivity contribution is 0.0951. The van der Waals surface area contributed by atoms with Gasteiger partial charge in [0.1, 0.15) is 5.75 Å². The molecule has 0 spiro atoms. The van der Waals surface area contributed by atoms with Crippen LogP contribution in [-0.4, -0.2) is 26.2 Å². The third-order valence-electron chi connectivity index (χ3n) is 5.02. The summed E-state index contributed by atoms with van der Waals surface area (Å²) < 4.78 is 17.0. The van der Waals surface area contributed by atoms with Gasteiger partial charge in [0.2, 0.25) is 0 Å². The summed E-state index contributed by atoms with van der Waals surface area (Å²) in [5.74, 6) is 2.67. The van der Waals surface area contributed by atoms with Gasteiger partial charge in [-0.05, 0) is 60.7 Å². The lowest BCUT2D eigenvalue weighted by Gasteiger charge is -2.13. The lowest BCUT2D eigenvalue weighted by Crippen LogP contribution is -2.22. The Hall–Kier alpha value is -2.69. The highest BCUT2D eigenvalue weighted by molar-refractivity contribution is 5.94. The van der Waals surface area contributed by atoms with Crippen LogP contribution < -0.4 is 19.5 Å².